The van der Waals surface area contributed by atoms with E-state index in [1.165, 1.54) is 18.3 Å². The molecule has 1 aromatic carbocycles. The Morgan fingerprint density at radius 3 is 2.39 bits per heavy atom. The van der Waals surface area contributed by atoms with Gasteiger partial charge >= 0.3 is 6.18 Å². The molecule has 0 saturated carbocycles. The molecule has 0 fully saturated rings. The van der Waals surface area contributed by atoms with Crippen molar-refractivity contribution in [1.29, 1.82) is 0 Å². The van der Waals surface area contributed by atoms with Gasteiger partial charge in [-0.3, -0.25) is 0 Å². The van der Waals surface area contributed by atoms with Crippen LogP contribution in [0.15, 0.2) is 30.5 Å². The lowest BCUT2D eigenvalue weighted by Crippen LogP contribution is -2.26. The van der Waals surface area contributed by atoms with E-state index >= 15 is 0 Å². The Balaban J connectivity index is 2.25. The SMILES string of the molecule is CC(C)(C)Nc1ccnc(Nc2ccc(Cl)c(C(F)(F)F)c2)n1. The number of aromatic nitrogens is 2. The lowest BCUT2D eigenvalue weighted by atomic mass is 10.1. The topological polar surface area (TPSA) is 49.8 Å². The summed E-state index contributed by atoms with van der Waals surface area (Å²) < 4.78 is 38.6. The predicted octanol–water partition coefficient (Wildman–Crippen LogP) is 5.10. The number of halogens is 4. The first-order valence-electron chi connectivity index (χ1n) is 6.79. The number of nitrogens with zero attached hydrogens (tertiary/aromatic N) is 2. The van der Waals surface area contributed by atoms with Crippen molar-refractivity contribution >= 4 is 29.1 Å². The number of nitrogens with one attached hydrogen (secondary N) is 2. The number of hydrogen-bond donors (Lipinski definition) is 2. The fourth-order valence-corrected chi connectivity index (χ4v) is 2.05. The molecule has 0 radical (unpaired) electrons. The first kappa shape index (κ1) is 17.3. The van der Waals surface area contributed by atoms with Gasteiger partial charge in [0.15, 0.2) is 0 Å². The molecule has 0 amide bonds. The van der Waals surface area contributed by atoms with Gasteiger partial charge in [0.05, 0.1) is 10.6 Å². The van der Waals surface area contributed by atoms with Crippen molar-refractivity contribution in [2.45, 2.75) is 32.5 Å². The molecule has 2 rings (SSSR count). The Kier molecular flexibility index (Phi) is 4.70. The van der Waals surface area contributed by atoms with Crippen molar-refractivity contribution in [1.82, 2.24) is 9.97 Å². The number of alkyl halides is 3. The minimum atomic E-state index is -4.52. The van der Waals surface area contributed by atoms with Gasteiger partial charge in [0.2, 0.25) is 5.95 Å². The van der Waals surface area contributed by atoms with Gasteiger partial charge in [-0.1, -0.05) is 11.6 Å². The highest BCUT2D eigenvalue weighted by Crippen LogP contribution is 2.36. The van der Waals surface area contributed by atoms with Gasteiger partial charge in [-0.15, -0.1) is 0 Å². The average Bonchev–Trinajstić information content (AvgIpc) is 2.38. The third-order valence-electron chi connectivity index (χ3n) is 2.69. The van der Waals surface area contributed by atoms with E-state index in [1.54, 1.807) is 6.07 Å². The molecule has 124 valence electrons. The Hall–Kier alpha value is -2.02. The molecule has 0 aliphatic heterocycles. The highest BCUT2D eigenvalue weighted by molar-refractivity contribution is 6.31. The summed E-state index contributed by atoms with van der Waals surface area (Å²) in [6, 6.07) is 5.23. The quantitative estimate of drug-likeness (QED) is 0.813. The fourth-order valence-electron chi connectivity index (χ4n) is 1.82. The number of hydrogen-bond acceptors (Lipinski definition) is 4. The first-order chi connectivity index (χ1) is 10.5. The van der Waals surface area contributed by atoms with Crippen molar-refractivity contribution in [3.63, 3.8) is 0 Å². The van der Waals surface area contributed by atoms with Crippen LogP contribution in [0.25, 0.3) is 0 Å². The van der Waals surface area contributed by atoms with Crippen LogP contribution in [0.3, 0.4) is 0 Å². The molecule has 1 aromatic heterocycles. The summed E-state index contributed by atoms with van der Waals surface area (Å²) in [5.41, 5.74) is -0.905. The highest BCUT2D eigenvalue weighted by atomic mass is 35.5. The molecule has 0 unspecified atom stereocenters. The second kappa shape index (κ2) is 6.23. The van der Waals surface area contributed by atoms with Crippen LogP contribution in [0.1, 0.15) is 26.3 Å². The molecular formula is C15H16ClF3N4. The van der Waals surface area contributed by atoms with E-state index in [4.69, 9.17) is 11.6 Å². The van der Waals surface area contributed by atoms with Crippen LogP contribution >= 0.6 is 11.6 Å². The van der Waals surface area contributed by atoms with Crippen molar-refractivity contribution in [3.05, 3.63) is 41.0 Å². The van der Waals surface area contributed by atoms with E-state index in [2.05, 4.69) is 20.6 Å². The van der Waals surface area contributed by atoms with Crippen molar-refractivity contribution in [3.8, 4) is 0 Å². The number of benzene rings is 1. The molecular weight excluding hydrogens is 329 g/mol. The molecule has 0 spiro atoms. The van der Waals surface area contributed by atoms with Crippen LogP contribution in [0, 0.1) is 0 Å². The van der Waals surface area contributed by atoms with E-state index in [9.17, 15) is 13.2 Å². The zero-order valence-electron chi connectivity index (χ0n) is 12.8. The fraction of sp³-hybridized carbons (Fsp3) is 0.333. The molecule has 2 aromatic rings. The van der Waals surface area contributed by atoms with Gasteiger partial charge in [0, 0.05) is 17.4 Å². The molecule has 23 heavy (non-hydrogen) atoms. The minimum Gasteiger partial charge on any atom is -0.365 e. The third-order valence-corrected chi connectivity index (χ3v) is 3.02. The van der Waals surface area contributed by atoms with Crippen LogP contribution in [-0.2, 0) is 6.18 Å². The highest BCUT2D eigenvalue weighted by Gasteiger charge is 2.33. The Labute approximate surface area is 137 Å². The van der Waals surface area contributed by atoms with Crippen LogP contribution < -0.4 is 10.6 Å². The summed E-state index contributed by atoms with van der Waals surface area (Å²) in [5, 5.41) is 5.55. The average molecular weight is 345 g/mol. The van der Waals surface area contributed by atoms with Crippen molar-refractivity contribution < 1.29 is 13.2 Å². The maximum absolute atomic E-state index is 12.9. The third kappa shape index (κ3) is 4.99. The summed E-state index contributed by atoms with van der Waals surface area (Å²) in [4.78, 5) is 8.22. The molecule has 2 N–H and O–H groups in total. The lowest BCUT2D eigenvalue weighted by Gasteiger charge is -2.21. The van der Waals surface area contributed by atoms with Gasteiger partial charge in [0.25, 0.3) is 0 Å². The van der Waals surface area contributed by atoms with Crippen LogP contribution in [0.2, 0.25) is 5.02 Å². The van der Waals surface area contributed by atoms with Gasteiger partial charge < -0.3 is 10.6 Å². The van der Waals surface area contributed by atoms with Gasteiger partial charge in [0.1, 0.15) is 5.82 Å². The van der Waals surface area contributed by atoms with E-state index in [1.807, 2.05) is 20.8 Å². The molecule has 1 heterocycles. The molecule has 8 heteroatoms. The lowest BCUT2D eigenvalue weighted by molar-refractivity contribution is -0.137. The summed E-state index contributed by atoms with van der Waals surface area (Å²) in [5.74, 6) is 0.759. The van der Waals surface area contributed by atoms with E-state index in [-0.39, 0.29) is 22.2 Å². The second-order valence-electron chi connectivity index (χ2n) is 5.96. The molecule has 0 aliphatic carbocycles. The van der Waals surface area contributed by atoms with Crippen LogP contribution in [-0.4, -0.2) is 15.5 Å². The molecule has 4 nitrogen and oxygen atoms in total. The normalized spacial score (nSPS) is 12.1. The molecule has 0 saturated heterocycles. The van der Waals surface area contributed by atoms with Crippen molar-refractivity contribution in [2.75, 3.05) is 10.6 Å². The van der Waals surface area contributed by atoms with Crippen LogP contribution in [0.4, 0.5) is 30.6 Å². The standard InChI is InChI=1S/C15H16ClF3N4/c1-14(2,3)23-12-6-7-20-13(22-12)21-9-4-5-11(16)10(8-9)15(17,18)19/h4-8H,1-3H3,(H2,20,21,22,23). The summed E-state index contributed by atoms with van der Waals surface area (Å²) >= 11 is 5.59. The Morgan fingerprint density at radius 1 is 1.09 bits per heavy atom. The van der Waals surface area contributed by atoms with Crippen LogP contribution in [0.5, 0.6) is 0 Å². The van der Waals surface area contributed by atoms with Gasteiger partial charge in [-0.05, 0) is 45.0 Å². The molecule has 0 atom stereocenters. The van der Waals surface area contributed by atoms with Crippen molar-refractivity contribution in [2.24, 2.45) is 0 Å². The maximum Gasteiger partial charge on any atom is 0.417 e. The number of rotatable bonds is 3. The smallest absolute Gasteiger partial charge is 0.365 e. The summed E-state index contributed by atoms with van der Waals surface area (Å²) in [6.45, 7) is 5.91. The Bertz CT molecular complexity index is 696. The monoisotopic (exact) mass is 344 g/mol. The Morgan fingerprint density at radius 2 is 1.78 bits per heavy atom. The van der Waals surface area contributed by atoms with Gasteiger partial charge in [-0.2, -0.15) is 18.2 Å². The summed E-state index contributed by atoms with van der Waals surface area (Å²) in [7, 11) is 0. The molecule has 0 bridgehead atoms. The second-order valence-corrected chi connectivity index (χ2v) is 6.37. The number of anilines is 3. The molecule has 0 aliphatic rings. The van der Waals surface area contributed by atoms with E-state index in [0.717, 1.165) is 6.07 Å². The van der Waals surface area contributed by atoms with Gasteiger partial charge in [-0.25, -0.2) is 4.98 Å². The minimum absolute atomic E-state index is 0.190. The first-order valence-corrected chi connectivity index (χ1v) is 7.17. The zero-order valence-corrected chi connectivity index (χ0v) is 13.5. The summed E-state index contributed by atoms with van der Waals surface area (Å²) in [6.07, 6.45) is -3.00. The predicted molar refractivity (Wildman–Crippen MR) is 85.1 cm³/mol. The largest absolute Gasteiger partial charge is 0.417 e. The van der Waals surface area contributed by atoms with E-state index in [0.29, 0.717) is 5.82 Å². The van der Waals surface area contributed by atoms with E-state index < -0.39 is 11.7 Å². The maximum atomic E-state index is 12.9. The zero-order chi connectivity index (χ0) is 17.3.